The van der Waals surface area contributed by atoms with E-state index in [-0.39, 0.29) is 17.5 Å². The van der Waals surface area contributed by atoms with Gasteiger partial charge in [0.2, 0.25) is 0 Å². The summed E-state index contributed by atoms with van der Waals surface area (Å²) in [6, 6.07) is 2.49. The summed E-state index contributed by atoms with van der Waals surface area (Å²) in [5.41, 5.74) is 0.853. The second kappa shape index (κ2) is 8.12. The van der Waals surface area contributed by atoms with Crippen molar-refractivity contribution in [1.29, 1.82) is 0 Å². The van der Waals surface area contributed by atoms with Crippen molar-refractivity contribution < 1.29 is 10.3 Å². The van der Waals surface area contributed by atoms with Crippen LogP contribution in [0.3, 0.4) is 0 Å². The lowest BCUT2D eigenvalue weighted by atomic mass is 9.92. The van der Waals surface area contributed by atoms with E-state index in [9.17, 15) is 4.79 Å². The highest BCUT2D eigenvalue weighted by atomic mass is 16.2. The second-order valence-corrected chi connectivity index (χ2v) is 7.66. The monoisotopic (exact) mass is 374 g/mol. The van der Waals surface area contributed by atoms with Crippen LogP contribution in [0.5, 0.6) is 0 Å². The zero-order chi connectivity index (χ0) is 18.1. The lowest BCUT2D eigenvalue weighted by Gasteiger charge is -2.44. The van der Waals surface area contributed by atoms with E-state index < -0.39 is 0 Å². The smallest absolute Gasteiger partial charge is 0.320 e. The summed E-state index contributed by atoms with van der Waals surface area (Å²) < 4.78 is 0. The van der Waals surface area contributed by atoms with E-state index in [1.165, 1.54) is 6.42 Å². The number of anilines is 1. The number of aromatic amines is 1. The van der Waals surface area contributed by atoms with Crippen LogP contribution in [0.1, 0.15) is 32.6 Å². The molecule has 2 aromatic rings. The first-order valence-electron chi connectivity index (χ1n) is 9.70. The summed E-state index contributed by atoms with van der Waals surface area (Å²) in [5.74, 6) is 1.44. The van der Waals surface area contributed by atoms with E-state index in [1.807, 2.05) is 22.1 Å². The maximum atomic E-state index is 12.9. The summed E-state index contributed by atoms with van der Waals surface area (Å²) in [7, 11) is 2.09. The molecule has 0 unspecified atom stereocenters. The highest BCUT2D eigenvalue weighted by Gasteiger charge is 2.34. The molecule has 0 saturated carbocycles. The van der Waals surface area contributed by atoms with Gasteiger partial charge >= 0.3 is 6.03 Å². The number of carbonyl (C=O) groups is 1. The van der Waals surface area contributed by atoms with Crippen LogP contribution in [0.15, 0.2) is 18.6 Å². The molecule has 4 rings (SSSR count). The molecule has 0 aliphatic carbocycles. The van der Waals surface area contributed by atoms with Crippen LogP contribution in [-0.2, 0) is 0 Å². The fourth-order valence-electron chi connectivity index (χ4n) is 4.31. The number of H-pyrrole nitrogens is 1. The van der Waals surface area contributed by atoms with Crippen molar-refractivity contribution in [1.82, 2.24) is 24.8 Å². The molecule has 27 heavy (non-hydrogen) atoms. The van der Waals surface area contributed by atoms with Crippen LogP contribution >= 0.6 is 0 Å². The minimum Gasteiger partial charge on any atom is -0.412 e. The fourth-order valence-corrected chi connectivity index (χ4v) is 4.31. The van der Waals surface area contributed by atoms with Gasteiger partial charge in [0.15, 0.2) is 0 Å². The number of urea groups is 1. The van der Waals surface area contributed by atoms with Crippen LogP contribution in [0.25, 0.3) is 11.0 Å². The molecule has 3 N–H and O–H groups in total. The Bertz CT molecular complexity index is 772. The third kappa shape index (κ3) is 3.71. The predicted octanol–water partition coefficient (Wildman–Crippen LogP) is 1.89. The highest BCUT2D eigenvalue weighted by Crippen LogP contribution is 2.29. The number of carbonyl (C=O) groups excluding carboxylic acids is 1. The summed E-state index contributed by atoms with van der Waals surface area (Å²) in [4.78, 5) is 31.2. The number of hydrogen-bond acceptors (Lipinski definition) is 4. The number of piperidine rings is 2. The number of nitrogens with one attached hydrogen (secondary N) is 1. The maximum absolute atomic E-state index is 12.9. The number of hydrogen-bond donors (Lipinski definition) is 1. The van der Waals surface area contributed by atoms with E-state index in [2.05, 4.69) is 33.8 Å². The maximum Gasteiger partial charge on any atom is 0.320 e. The van der Waals surface area contributed by atoms with Gasteiger partial charge in [-0.25, -0.2) is 14.8 Å². The molecule has 2 amide bonds. The second-order valence-electron chi connectivity index (χ2n) is 7.66. The summed E-state index contributed by atoms with van der Waals surface area (Å²) in [6.07, 6.45) is 8.03. The number of aromatic nitrogens is 3. The van der Waals surface area contributed by atoms with Crippen molar-refractivity contribution in [3.63, 3.8) is 0 Å². The van der Waals surface area contributed by atoms with Crippen molar-refractivity contribution >= 4 is 22.9 Å². The van der Waals surface area contributed by atoms with Gasteiger partial charge in [0.25, 0.3) is 0 Å². The Kier molecular flexibility index (Phi) is 5.84. The molecule has 4 heterocycles. The van der Waals surface area contributed by atoms with Gasteiger partial charge in [-0.05, 0) is 37.7 Å². The van der Waals surface area contributed by atoms with Gasteiger partial charge in [0.05, 0.1) is 11.4 Å². The first-order valence-corrected chi connectivity index (χ1v) is 9.70. The van der Waals surface area contributed by atoms with E-state index in [4.69, 9.17) is 0 Å². The Morgan fingerprint density at radius 1 is 1.19 bits per heavy atom. The average Bonchev–Trinajstić information content (AvgIpc) is 3.17. The van der Waals surface area contributed by atoms with Crippen LogP contribution in [0.4, 0.5) is 10.6 Å². The van der Waals surface area contributed by atoms with Gasteiger partial charge in [-0.2, -0.15) is 0 Å². The van der Waals surface area contributed by atoms with E-state index in [0.29, 0.717) is 5.92 Å². The number of likely N-dealkylation sites (tertiary alicyclic amines) is 2. The number of rotatable bonds is 2. The van der Waals surface area contributed by atoms with Gasteiger partial charge in [0.1, 0.15) is 17.8 Å². The lowest BCUT2D eigenvalue weighted by molar-refractivity contribution is 0.119. The molecule has 2 atom stereocenters. The zero-order valence-electron chi connectivity index (χ0n) is 16.2. The topological polar surface area (TPSA) is 99.9 Å². The molecule has 2 saturated heterocycles. The Hall–Kier alpha value is -2.35. The quantitative estimate of drug-likeness (QED) is 0.867. The molecule has 2 fully saturated rings. The van der Waals surface area contributed by atoms with E-state index in [0.717, 1.165) is 62.3 Å². The Balaban J connectivity index is 0.00000210. The number of fused-ring (bicyclic) bond motifs is 1. The first-order chi connectivity index (χ1) is 12.6. The number of likely N-dealkylation sites (N-methyl/N-ethyl adjacent to an activating group) is 1. The van der Waals surface area contributed by atoms with Crippen molar-refractivity contribution in [3.8, 4) is 0 Å². The third-order valence-corrected chi connectivity index (χ3v) is 5.98. The molecular formula is C19H30N6O2. The van der Waals surface area contributed by atoms with Gasteiger partial charge in [-0.15, -0.1) is 0 Å². The van der Waals surface area contributed by atoms with Crippen molar-refractivity contribution in [2.24, 2.45) is 5.92 Å². The van der Waals surface area contributed by atoms with Gasteiger partial charge in [-0.3, -0.25) is 0 Å². The minimum atomic E-state index is 0. The molecule has 0 aromatic carbocycles. The first kappa shape index (κ1) is 19.4. The molecule has 2 aromatic heterocycles. The van der Waals surface area contributed by atoms with Crippen molar-refractivity contribution in [2.75, 3.05) is 38.1 Å². The Morgan fingerprint density at radius 2 is 1.96 bits per heavy atom. The van der Waals surface area contributed by atoms with Crippen molar-refractivity contribution in [3.05, 3.63) is 18.6 Å². The highest BCUT2D eigenvalue weighted by molar-refractivity contribution is 5.87. The third-order valence-electron chi connectivity index (χ3n) is 5.98. The minimum absolute atomic E-state index is 0. The van der Waals surface area contributed by atoms with Gasteiger partial charge in [0, 0.05) is 39.4 Å². The Morgan fingerprint density at radius 3 is 2.74 bits per heavy atom. The van der Waals surface area contributed by atoms with Crippen LogP contribution in [0.2, 0.25) is 0 Å². The zero-order valence-corrected chi connectivity index (χ0v) is 16.2. The normalized spacial score (nSPS) is 23.2. The molecule has 0 bridgehead atoms. The predicted molar refractivity (Wildman–Crippen MR) is 106 cm³/mol. The standard InChI is InChI=1S/C19H28N6O.H2O/c1-14-7-11-25(19(26)24-9-4-3-5-10-24)12-16(14)23(2)18-15-6-8-20-17(15)21-13-22-18;/h6,8,13-14,16H,3-5,7,9-12H2,1-2H3,(H,20,21,22);1H2/t14-,16+;/m1./s1. The summed E-state index contributed by atoms with van der Waals surface area (Å²) in [5, 5.41) is 1.03. The lowest BCUT2D eigenvalue weighted by Crippen LogP contribution is -2.56. The molecule has 0 radical (unpaired) electrons. The van der Waals surface area contributed by atoms with Crippen LogP contribution in [0, 0.1) is 5.92 Å². The molecule has 0 spiro atoms. The van der Waals surface area contributed by atoms with Crippen LogP contribution in [-0.4, -0.2) is 75.5 Å². The summed E-state index contributed by atoms with van der Waals surface area (Å²) >= 11 is 0. The van der Waals surface area contributed by atoms with Crippen LogP contribution < -0.4 is 4.90 Å². The molecule has 8 heteroatoms. The summed E-state index contributed by atoms with van der Waals surface area (Å²) in [6.45, 7) is 5.69. The SMILES string of the molecule is C[C@@H]1CCN(C(=O)N2CCCCC2)C[C@@H]1N(C)c1ncnc2[nH]ccc12.O. The number of amides is 2. The average molecular weight is 374 g/mol. The fraction of sp³-hybridized carbons (Fsp3) is 0.632. The largest absolute Gasteiger partial charge is 0.412 e. The Labute approximate surface area is 159 Å². The van der Waals surface area contributed by atoms with E-state index in [1.54, 1.807) is 6.33 Å². The number of nitrogens with zero attached hydrogens (tertiary/aromatic N) is 5. The van der Waals surface area contributed by atoms with Crippen molar-refractivity contribution in [2.45, 2.75) is 38.6 Å². The molecule has 148 valence electrons. The molecule has 2 aliphatic rings. The van der Waals surface area contributed by atoms with E-state index >= 15 is 0 Å². The molecule has 8 nitrogen and oxygen atoms in total. The van der Waals surface area contributed by atoms with Gasteiger partial charge < -0.3 is 25.2 Å². The molecule has 2 aliphatic heterocycles. The molecular weight excluding hydrogens is 344 g/mol. The van der Waals surface area contributed by atoms with Gasteiger partial charge in [-0.1, -0.05) is 6.92 Å².